The fraction of sp³-hybridized carbons (Fsp3) is 0.647. The van der Waals surface area contributed by atoms with Crippen molar-refractivity contribution in [3.63, 3.8) is 0 Å². The fourth-order valence-electron chi connectivity index (χ4n) is 3.51. The lowest BCUT2D eigenvalue weighted by molar-refractivity contribution is 0.559. The van der Waals surface area contributed by atoms with Gasteiger partial charge < -0.3 is 0 Å². The van der Waals surface area contributed by atoms with Crippen LogP contribution in [0.5, 0.6) is 0 Å². The average molecular weight is 290 g/mol. The molecule has 110 valence electrons. The van der Waals surface area contributed by atoms with Gasteiger partial charge in [0.1, 0.15) is 0 Å². The first-order chi connectivity index (χ1) is 9.88. The SMILES string of the molecule is NNC(C1=CCCCCCC1)c1cc2c(s1)CCCC2. The number of aryl methyl sites for hydroxylation is 2. The minimum Gasteiger partial charge on any atom is -0.271 e. The van der Waals surface area contributed by atoms with Crippen LogP contribution in [0.4, 0.5) is 0 Å². The Bertz CT molecular complexity index is 452. The number of fused-ring (bicyclic) bond motifs is 1. The van der Waals surface area contributed by atoms with Crippen molar-refractivity contribution in [3.8, 4) is 0 Å². The molecule has 3 heteroatoms. The van der Waals surface area contributed by atoms with Crippen molar-refractivity contribution in [1.82, 2.24) is 5.43 Å². The summed E-state index contributed by atoms with van der Waals surface area (Å²) in [6.45, 7) is 0. The molecule has 0 aliphatic heterocycles. The first kappa shape index (κ1) is 14.3. The van der Waals surface area contributed by atoms with E-state index in [1.165, 1.54) is 74.7 Å². The predicted molar refractivity (Wildman–Crippen MR) is 86.8 cm³/mol. The highest BCUT2D eigenvalue weighted by Crippen LogP contribution is 2.37. The number of hydrogen-bond acceptors (Lipinski definition) is 3. The molecule has 0 amide bonds. The van der Waals surface area contributed by atoms with Gasteiger partial charge in [-0.05, 0) is 63.0 Å². The van der Waals surface area contributed by atoms with Crippen LogP contribution in [-0.4, -0.2) is 0 Å². The van der Waals surface area contributed by atoms with E-state index in [0.717, 1.165) is 0 Å². The van der Waals surface area contributed by atoms with E-state index in [1.807, 2.05) is 11.3 Å². The monoisotopic (exact) mass is 290 g/mol. The van der Waals surface area contributed by atoms with Gasteiger partial charge >= 0.3 is 0 Å². The van der Waals surface area contributed by atoms with Crippen LogP contribution in [0.2, 0.25) is 0 Å². The Morgan fingerprint density at radius 2 is 1.80 bits per heavy atom. The highest BCUT2D eigenvalue weighted by Gasteiger charge is 2.21. The number of hydrogen-bond donors (Lipinski definition) is 2. The molecule has 1 heterocycles. The van der Waals surface area contributed by atoms with Gasteiger partial charge in [-0.3, -0.25) is 5.84 Å². The third-order valence-electron chi connectivity index (χ3n) is 4.66. The van der Waals surface area contributed by atoms with Crippen molar-refractivity contribution >= 4 is 11.3 Å². The van der Waals surface area contributed by atoms with Crippen LogP contribution < -0.4 is 11.3 Å². The fourth-order valence-corrected chi connectivity index (χ4v) is 4.87. The minimum absolute atomic E-state index is 0.253. The van der Waals surface area contributed by atoms with Crippen LogP contribution in [-0.2, 0) is 12.8 Å². The molecule has 2 aliphatic carbocycles. The Hall–Kier alpha value is -0.640. The predicted octanol–water partition coefficient (Wildman–Crippen LogP) is 4.41. The molecule has 1 unspecified atom stereocenters. The topological polar surface area (TPSA) is 38.0 Å². The smallest absolute Gasteiger partial charge is 0.0762 e. The largest absolute Gasteiger partial charge is 0.271 e. The van der Waals surface area contributed by atoms with Crippen molar-refractivity contribution in [2.24, 2.45) is 5.84 Å². The van der Waals surface area contributed by atoms with Crippen LogP contribution in [0, 0.1) is 0 Å². The Morgan fingerprint density at radius 3 is 2.65 bits per heavy atom. The summed E-state index contributed by atoms with van der Waals surface area (Å²) in [5.74, 6) is 5.90. The molecule has 0 spiro atoms. The molecular weight excluding hydrogens is 264 g/mol. The molecular formula is C17H26N2S. The second-order valence-corrected chi connectivity index (χ2v) is 7.30. The van der Waals surface area contributed by atoms with Crippen LogP contribution in [0.3, 0.4) is 0 Å². The summed E-state index contributed by atoms with van der Waals surface area (Å²) in [5.41, 5.74) is 6.19. The normalized spacial score (nSPS) is 21.6. The lowest BCUT2D eigenvalue weighted by atomic mass is 9.93. The first-order valence-corrected chi connectivity index (χ1v) is 8.96. The number of hydrazine groups is 1. The van der Waals surface area contributed by atoms with Gasteiger partial charge in [-0.15, -0.1) is 11.3 Å². The number of thiophene rings is 1. The van der Waals surface area contributed by atoms with Gasteiger partial charge in [0.2, 0.25) is 0 Å². The molecule has 2 nitrogen and oxygen atoms in total. The summed E-state index contributed by atoms with van der Waals surface area (Å²) in [6.07, 6.45) is 15.5. The molecule has 20 heavy (non-hydrogen) atoms. The quantitative estimate of drug-likeness (QED) is 0.491. The van der Waals surface area contributed by atoms with Gasteiger partial charge in [-0.2, -0.15) is 0 Å². The molecule has 1 aromatic heterocycles. The van der Waals surface area contributed by atoms with Crippen molar-refractivity contribution in [1.29, 1.82) is 0 Å². The maximum atomic E-state index is 5.90. The van der Waals surface area contributed by atoms with E-state index >= 15 is 0 Å². The molecule has 0 fully saturated rings. The maximum Gasteiger partial charge on any atom is 0.0762 e. The van der Waals surface area contributed by atoms with Gasteiger partial charge in [0.25, 0.3) is 0 Å². The van der Waals surface area contributed by atoms with E-state index in [-0.39, 0.29) is 6.04 Å². The van der Waals surface area contributed by atoms with E-state index in [4.69, 9.17) is 5.84 Å². The maximum absolute atomic E-state index is 5.90. The Kier molecular flexibility index (Phi) is 4.92. The molecule has 3 N–H and O–H groups in total. The summed E-state index contributed by atoms with van der Waals surface area (Å²) < 4.78 is 0. The van der Waals surface area contributed by atoms with Crippen molar-refractivity contribution < 1.29 is 0 Å². The van der Waals surface area contributed by atoms with Gasteiger partial charge in [0.05, 0.1) is 6.04 Å². The zero-order chi connectivity index (χ0) is 13.8. The number of nitrogens with one attached hydrogen (secondary N) is 1. The van der Waals surface area contributed by atoms with Crippen molar-refractivity contribution in [2.45, 2.75) is 70.3 Å². The van der Waals surface area contributed by atoms with E-state index < -0.39 is 0 Å². The lowest BCUT2D eigenvalue weighted by Gasteiger charge is -2.20. The molecule has 1 atom stereocenters. The number of nitrogens with two attached hydrogens (primary N) is 1. The second-order valence-electron chi connectivity index (χ2n) is 6.14. The average Bonchev–Trinajstić information content (AvgIpc) is 2.85. The summed E-state index contributed by atoms with van der Waals surface area (Å²) >= 11 is 1.99. The Balaban J connectivity index is 1.82. The molecule has 0 radical (unpaired) electrons. The lowest BCUT2D eigenvalue weighted by Crippen LogP contribution is -2.29. The molecule has 0 bridgehead atoms. The van der Waals surface area contributed by atoms with Crippen molar-refractivity contribution in [3.05, 3.63) is 33.0 Å². The molecule has 0 saturated heterocycles. The van der Waals surface area contributed by atoms with Crippen LogP contribution in [0.1, 0.15) is 72.7 Å². The molecule has 1 aromatic rings. The van der Waals surface area contributed by atoms with Crippen LogP contribution in [0.25, 0.3) is 0 Å². The van der Waals surface area contributed by atoms with Gasteiger partial charge in [-0.25, -0.2) is 5.43 Å². The molecule has 0 saturated carbocycles. The molecule has 2 aliphatic rings. The highest BCUT2D eigenvalue weighted by molar-refractivity contribution is 7.12. The summed E-state index contributed by atoms with van der Waals surface area (Å²) in [6, 6.07) is 2.67. The standard InChI is InChI=1S/C17H26N2S/c18-19-17(13-8-4-2-1-3-5-9-13)16-12-14-10-6-7-11-15(14)20-16/h8,12,17,19H,1-7,9-11,18H2. The van der Waals surface area contributed by atoms with E-state index in [1.54, 1.807) is 10.4 Å². The van der Waals surface area contributed by atoms with E-state index in [0.29, 0.717) is 0 Å². The number of allylic oxidation sites excluding steroid dienone is 1. The van der Waals surface area contributed by atoms with Gasteiger partial charge in [0, 0.05) is 9.75 Å². The molecule has 0 aromatic carbocycles. The second kappa shape index (κ2) is 6.88. The minimum atomic E-state index is 0.253. The van der Waals surface area contributed by atoms with Crippen LogP contribution in [0.15, 0.2) is 17.7 Å². The summed E-state index contributed by atoms with van der Waals surface area (Å²) in [5, 5.41) is 0. The van der Waals surface area contributed by atoms with Crippen molar-refractivity contribution in [2.75, 3.05) is 0 Å². The third-order valence-corrected chi connectivity index (χ3v) is 5.97. The first-order valence-electron chi connectivity index (χ1n) is 8.15. The Labute approximate surface area is 126 Å². The summed E-state index contributed by atoms with van der Waals surface area (Å²) in [4.78, 5) is 3.05. The van der Waals surface area contributed by atoms with E-state index in [9.17, 15) is 0 Å². The zero-order valence-corrected chi connectivity index (χ0v) is 13.1. The number of rotatable bonds is 3. The summed E-state index contributed by atoms with van der Waals surface area (Å²) in [7, 11) is 0. The van der Waals surface area contributed by atoms with E-state index in [2.05, 4.69) is 17.6 Å². The highest BCUT2D eigenvalue weighted by atomic mass is 32.1. The van der Waals surface area contributed by atoms with Gasteiger partial charge in [0.15, 0.2) is 0 Å². The Morgan fingerprint density at radius 1 is 1.00 bits per heavy atom. The third kappa shape index (κ3) is 3.16. The van der Waals surface area contributed by atoms with Crippen LogP contribution >= 0.6 is 11.3 Å². The molecule has 3 rings (SSSR count). The van der Waals surface area contributed by atoms with Gasteiger partial charge in [-0.1, -0.05) is 24.5 Å². The zero-order valence-electron chi connectivity index (χ0n) is 12.3.